The highest BCUT2D eigenvalue weighted by Gasteiger charge is 2.14. The van der Waals surface area contributed by atoms with Gasteiger partial charge in [0.25, 0.3) is 5.91 Å². The highest BCUT2D eigenvalue weighted by atomic mass is 19.1. The van der Waals surface area contributed by atoms with Crippen LogP contribution in [0.25, 0.3) is 0 Å². The molecule has 6 nitrogen and oxygen atoms in total. The Hall–Kier alpha value is -3.22. The van der Waals surface area contributed by atoms with Crippen LogP contribution in [-0.2, 0) is 20.7 Å². The van der Waals surface area contributed by atoms with Crippen LogP contribution >= 0.6 is 0 Å². The third kappa shape index (κ3) is 5.41. The number of carbonyl (C=O) groups excluding carboxylic acids is 3. The van der Waals surface area contributed by atoms with E-state index in [0.29, 0.717) is 22.6 Å². The first-order chi connectivity index (χ1) is 12.4. The van der Waals surface area contributed by atoms with Crippen LogP contribution < -0.4 is 10.1 Å². The van der Waals surface area contributed by atoms with Gasteiger partial charge in [-0.1, -0.05) is 0 Å². The van der Waals surface area contributed by atoms with Crippen molar-refractivity contribution in [2.75, 3.05) is 19.0 Å². The molecule has 1 N–H and O–H groups in total. The first-order valence-electron chi connectivity index (χ1n) is 7.78. The molecule has 0 bridgehead atoms. The van der Waals surface area contributed by atoms with Crippen LogP contribution in [0.15, 0.2) is 42.5 Å². The molecule has 1 amide bonds. The maximum atomic E-state index is 12.8. The van der Waals surface area contributed by atoms with Crippen molar-refractivity contribution in [3.8, 4) is 5.75 Å². The summed E-state index contributed by atoms with van der Waals surface area (Å²) in [6.45, 7) is 0.939. The largest absolute Gasteiger partial charge is 0.496 e. The number of halogens is 1. The number of ketones is 1. The monoisotopic (exact) mass is 359 g/mol. The van der Waals surface area contributed by atoms with Crippen LogP contribution in [-0.4, -0.2) is 31.4 Å². The van der Waals surface area contributed by atoms with E-state index >= 15 is 0 Å². The molecule has 136 valence electrons. The fraction of sp³-hybridized carbons (Fsp3) is 0.211. The highest BCUT2D eigenvalue weighted by molar-refractivity contribution is 5.95. The summed E-state index contributed by atoms with van der Waals surface area (Å²) < 4.78 is 22.9. The molecule has 0 saturated carbocycles. The molecular weight excluding hydrogens is 341 g/mol. The predicted octanol–water partition coefficient (Wildman–Crippen LogP) is 2.76. The fourth-order valence-corrected chi connectivity index (χ4v) is 2.22. The molecule has 2 rings (SSSR count). The van der Waals surface area contributed by atoms with Crippen LogP contribution in [0.1, 0.15) is 22.8 Å². The van der Waals surface area contributed by atoms with E-state index in [2.05, 4.69) is 5.32 Å². The van der Waals surface area contributed by atoms with E-state index < -0.39 is 24.3 Å². The third-order valence-corrected chi connectivity index (χ3v) is 3.51. The molecule has 2 aromatic rings. The SMILES string of the molecule is COc1ccc(C(C)=O)cc1CC(=O)OCC(=O)Nc1ccc(F)cc1. The topological polar surface area (TPSA) is 81.7 Å². The van der Waals surface area contributed by atoms with Crippen molar-refractivity contribution in [3.63, 3.8) is 0 Å². The van der Waals surface area contributed by atoms with Crippen molar-refractivity contribution >= 4 is 23.3 Å². The Morgan fingerprint density at radius 3 is 2.38 bits per heavy atom. The van der Waals surface area contributed by atoms with E-state index in [9.17, 15) is 18.8 Å². The molecular formula is C19H18FNO5. The molecule has 0 radical (unpaired) electrons. The van der Waals surface area contributed by atoms with E-state index in [4.69, 9.17) is 9.47 Å². The number of carbonyl (C=O) groups is 3. The van der Waals surface area contributed by atoms with Gasteiger partial charge in [-0.3, -0.25) is 14.4 Å². The molecule has 0 aliphatic rings. The summed E-state index contributed by atoms with van der Waals surface area (Å²) >= 11 is 0. The molecule has 0 unspecified atom stereocenters. The molecule has 0 atom stereocenters. The van der Waals surface area contributed by atoms with E-state index in [0.717, 1.165) is 0 Å². The second kappa shape index (κ2) is 8.75. The lowest BCUT2D eigenvalue weighted by molar-refractivity contribution is -0.146. The molecule has 0 aliphatic carbocycles. The van der Waals surface area contributed by atoms with E-state index in [1.165, 1.54) is 38.3 Å². The molecule has 0 saturated heterocycles. The number of Topliss-reactive ketones (excluding diaryl/α,β-unsaturated/α-hetero) is 1. The van der Waals surface area contributed by atoms with Gasteiger partial charge < -0.3 is 14.8 Å². The normalized spacial score (nSPS) is 10.1. The lowest BCUT2D eigenvalue weighted by Crippen LogP contribution is -2.21. The summed E-state index contributed by atoms with van der Waals surface area (Å²) in [7, 11) is 1.45. The first-order valence-corrected chi connectivity index (χ1v) is 7.78. The zero-order chi connectivity index (χ0) is 19.1. The zero-order valence-corrected chi connectivity index (χ0v) is 14.4. The number of nitrogens with one attached hydrogen (secondary N) is 1. The molecule has 0 spiro atoms. The van der Waals surface area contributed by atoms with Gasteiger partial charge in [-0.2, -0.15) is 0 Å². The number of anilines is 1. The van der Waals surface area contributed by atoms with Gasteiger partial charge in [-0.25, -0.2) is 4.39 Å². The van der Waals surface area contributed by atoms with Crippen LogP contribution in [0.2, 0.25) is 0 Å². The Kier molecular flexibility index (Phi) is 6.43. The van der Waals surface area contributed by atoms with Crippen molar-refractivity contribution in [3.05, 3.63) is 59.4 Å². The number of esters is 1. The summed E-state index contributed by atoms with van der Waals surface area (Å²) in [5.41, 5.74) is 1.33. The van der Waals surface area contributed by atoms with Gasteiger partial charge in [0.2, 0.25) is 0 Å². The minimum atomic E-state index is -0.641. The van der Waals surface area contributed by atoms with E-state index in [-0.39, 0.29) is 12.2 Å². The number of ether oxygens (including phenoxy) is 2. The Labute approximate surface area is 149 Å². The number of hydrogen-bond acceptors (Lipinski definition) is 5. The zero-order valence-electron chi connectivity index (χ0n) is 14.4. The maximum absolute atomic E-state index is 12.8. The van der Waals surface area contributed by atoms with Gasteiger partial charge in [0.05, 0.1) is 13.5 Å². The minimum Gasteiger partial charge on any atom is -0.496 e. The number of hydrogen-bond donors (Lipinski definition) is 1. The minimum absolute atomic E-state index is 0.138. The molecule has 0 fully saturated rings. The Morgan fingerprint density at radius 2 is 1.77 bits per heavy atom. The summed E-state index contributed by atoms with van der Waals surface area (Å²) in [5.74, 6) is -1.30. The van der Waals surface area contributed by atoms with Crippen molar-refractivity contribution < 1.29 is 28.2 Å². The highest BCUT2D eigenvalue weighted by Crippen LogP contribution is 2.21. The Bertz CT molecular complexity index is 817. The van der Waals surface area contributed by atoms with Crippen molar-refractivity contribution in [1.29, 1.82) is 0 Å². The van der Waals surface area contributed by atoms with Gasteiger partial charge in [-0.05, 0) is 49.4 Å². The number of benzene rings is 2. The summed E-state index contributed by atoms with van der Waals surface area (Å²) in [6.07, 6.45) is -0.145. The van der Waals surface area contributed by atoms with E-state index in [1.54, 1.807) is 18.2 Å². The Balaban J connectivity index is 1.92. The second-order valence-electron chi connectivity index (χ2n) is 5.48. The average molecular weight is 359 g/mol. The maximum Gasteiger partial charge on any atom is 0.310 e. The molecule has 7 heteroatoms. The van der Waals surface area contributed by atoms with Gasteiger partial charge in [0.1, 0.15) is 11.6 Å². The van der Waals surface area contributed by atoms with Crippen LogP contribution in [0, 0.1) is 5.82 Å². The van der Waals surface area contributed by atoms with Crippen LogP contribution in [0.5, 0.6) is 5.75 Å². The first kappa shape index (κ1) is 19.1. The van der Waals surface area contributed by atoms with Gasteiger partial charge in [-0.15, -0.1) is 0 Å². The van der Waals surface area contributed by atoms with Crippen LogP contribution in [0.4, 0.5) is 10.1 Å². The summed E-state index contributed by atoms with van der Waals surface area (Å²) in [5, 5.41) is 2.48. The quantitative estimate of drug-likeness (QED) is 0.607. The smallest absolute Gasteiger partial charge is 0.310 e. The standard InChI is InChI=1S/C19H18FNO5/c1-12(22)13-3-8-17(25-2)14(9-13)10-19(24)26-11-18(23)21-16-6-4-15(20)5-7-16/h3-9H,10-11H2,1-2H3,(H,21,23). The lowest BCUT2D eigenvalue weighted by Gasteiger charge is -2.10. The number of rotatable bonds is 7. The number of methoxy groups -OCH3 is 1. The van der Waals surface area contributed by atoms with Crippen molar-refractivity contribution in [2.24, 2.45) is 0 Å². The average Bonchev–Trinajstić information content (AvgIpc) is 2.62. The third-order valence-electron chi connectivity index (χ3n) is 3.51. The number of amides is 1. The summed E-state index contributed by atoms with van der Waals surface area (Å²) in [4.78, 5) is 35.2. The lowest BCUT2D eigenvalue weighted by atomic mass is 10.0. The van der Waals surface area contributed by atoms with Crippen LogP contribution in [0.3, 0.4) is 0 Å². The van der Waals surface area contributed by atoms with Gasteiger partial charge >= 0.3 is 5.97 Å². The van der Waals surface area contributed by atoms with Crippen molar-refractivity contribution in [2.45, 2.75) is 13.3 Å². The van der Waals surface area contributed by atoms with Crippen molar-refractivity contribution in [1.82, 2.24) is 0 Å². The fourth-order valence-electron chi connectivity index (χ4n) is 2.22. The second-order valence-corrected chi connectivity index (χ2v) is 5.48. The molecule has 2 aromatic carbocycles. The predicted molar refractivity (Wildman–Crippen MR) is 92.7 cm³/mol. The Morgan fingerprint density at radius 1 is 1.08 bits per heavy atom. The molecule has 26 heavy (non-hydrogen) atoms. The molecule has 0 aromatic heterocycles. The van der Waals surface area contributed by atoms with Gasteiger partial charge in [0, 0.05) is 16.8 Å². The molecule has 0 heterocycles. The van der Waals surface area contributed by atoms with E-state index in [1.807, 2.05) is 0 Å². The summed E-state index contributed by atoms with van der Waals surface area (Å²) in [6, 6.07) is 9.96. The molecule has 0 aliphatic heterocycles. The van der Waals surface area contributed by atoms with Gasteiger partial charge in [0.15, 0.2) is 12.4 Å².